The lowest BCUT2D eigenvalue weighted by Gasteiger charge is -2.28. The van der Waals surface area contributed by atoms with E-state index in [0.29, 0.717) is 0 Å². The van der Waals surface area contributed by atoms with Crippen LogP contribution in [-0.4, -0.2) is 50.1 Å². The van der Waals surface area contributed by atoms with Crippen LogP contribution in [0.3, 0.4) is 0 Å². The molecule has 1 saturated heterocycles. The minimum atomic E-state index is -0.0350. The summed E-state index contributed by atoms with van der Waals surface area (Å²) in [6.07, 6.45) is 0. The number of hydrogen-bond acceptors (Lipinski definition) is 4. The number of morpholine rings is 1. The van der Waals surface area contributed by atoms with Gasteiger partial charge in [-0.1, -0.05) is 0 Å². The van der Waals surface area contributed by atoms with Gasteiger partial charge in [-0.3, -0.25) is 5.43 Å². The van der Waals surface area contributed by atoms with Crippen molar-refractivity contribution in [3.63, 3.8) is 0 Å². The van der Waals surface area contributed by atoms with Crippen LogP contribution < -0.4 is 5.43 Å². The first kappa shape index (κ1) is 11.9. The molecule has 0 aromatic rings. The molecule has 4 nitrogen and oxygen atoms in total. The van der Waals surface area contributed by atoms with Crippen molar-refractivity contribution in [2.24, 2.45) is 0 Å². The van der Waals surface area contributed by atoms with E-state index in [9.17, 15) is 0 Å². The van der Waals surface area contributed by atoms with E-state index in [1.165, 1.54) is 0 Å². The maximum atomic E-state index is 5.60. The second-order valence-corrected chi connectivity index (χ2v) is 4.47. The van der Waals surface area contributed by atoms with Crippen molar-refractivity contribution in [2.45, 2.75) is 26.4 Å². The number of rotatable bonds is 4. The lowest BCUT2D eigenvalue weighted by Crippen LogP contribution is -2.47. The van der Waals surface area contributed by atoms with Gasteiger partial charge >= 0.3 is 0 Å². The maximum absolute atomic E-state index is 5.60. The zero-order valence-corrected chi connectivity index (χ0v) is 9.51. The third-order valence-electron chi connectivity index (χ3n) is 1.98. The van der Waals surface area contributed by atoms with Crippen LogP contribution in [0.1, 0.15) is 20.8 Å². The van der Waals surface area contributed by atoms with Gasteiger partial charge in [0.25, 0.3) is 0 Å². The fourth-order valence-corrected chi connectivity index (χ4v) is 1.28. The molecule has 0 saturated carbocycles. The lowest BCUT2D eigenvalue weighted by atomic mass is 10.2. The number of ether oxygens (including phenoxy) is 2. The van der Waals surface area contributed by atoms with Gasteiger partial charge in [-0.25, -0.2) is 5.01 Å². The summed E-state index contributed by atoms with van der Waals surface area (Å²) in [5.74, 6) is 0. The standard InChI is InChI=1S/C10H22N2O2/c1-10(2,3)14-7-4-11-12-5-8-13-9-6-12/h11H,4-9H2,1-3H3. The summed E-state index contributed by atoms with van der Waals surface area (Å²) in [5, 5.41) is 2.19. The molecule has 1 N–H and O–H groups in total. The molecule has 0 bridgehead atoms. The van der Waals surface area contributed by atoms with Crippen molar-refractivity contribution in [3.8, 4) is 0 Å². The van der Waals surface area contributed by atoms with Gasteiger partial charge in [-0.2, -0.15) is 0 Å². The molecule has 1 heterocycles. The van der Waals surface area contributed by atoms with Gasteiger partial charge in [0.05, 0.1) is 25.4 Å². The Morgan fingerprint density at radius 2 is 1.93 bits per heavy atom. The SMILES string of the molecule is CC(C)(C)OCCNN1CCOCC1. The highest BCUT2D eigenvalue weighted by Gasteiger charge is 2.11. The summed E-state index contributed by atoms with van der Waals surface area (Å²) in [4.78, 5) is 0. The van der Waals surface area contributed by atoms with Gasteiger partial charge in [0.15, 0.2) is 0 Å². The van der Waals surface area contributed by atoms with Crippen LogP contribution in [0.2, 0.25) is 0 Å². The quantitative estimate of drug-likeness (QED) is 0.678. The van der Waals surface area contributed by atoms with E-state index in [-0.39, 0.29) is 5.60 Å². The van der Waals surface area contributed by atoms with E-state index in [1.54, 1.807) is 0 Å². The summed E-state index contributed by atoms with van der Waals surface area (Å²) in [6, 6.07) is 0. The molecule has 0 spiro atoms. The normalized spacial score (nSPS) is 19.9. The third-order valence-corrected chi connectivity index (χ3v) is 1.98. The molecule has 4 heteroatoms. The molecule has 84 valence electrons. The average Bonchev–Trinajstić information content (AvgIpc) is 2.13. The molecule has 1 aliphatic heterocycles. The largest absolute Gasteiger partial charge is 0.379 e. The predicted molar refractivity (Wildman–Crippen MR) is 56.1 cm³/mol. The Bertz CT molecular complexity index is 151. The van der Waals surface area contributed by atoms with Crippen LogP contribution in [0.25, 0.3) is 0 Å². The number of nitrogens with zero attached hydrogens (tertiary/aromatic N) is 1. The number of hydrogen-bond donors (Lipinski definition) is 1. The molecule has 1 aliphatic rings. The molecule has 1 rings (SSSR count). The average molecular weight is 202 g/mol. The highest BCUT2D eigenvalue weighted by Crippen LogP contribution is 2.05. The van der Waals surface area contributed by atoms with E-state index in [0.717, 1.165) is 39.5 Å². The Balaban J connectivity index is 1.97. The fraction of sp³-hybridized carbons (Fsp3) is 1.00. The van der Waals surface area contributed by atoms with Gasteiger partial charge in [-0.05, 0) is 20.8 Å². The molecule has 0 aliphatic carbocycles. The molecule has 0 aromatic carbocycles. The Kier molecular flexibility index (Phi) is 4.81. The lowest BCUT2D eigenvalue weighted by molar-refractivity contribution is -0.0226. The monoisotopic (exact) mass is 202 g/mol. The smallest absolute Gasteiger partial charge is 0.0612 e. The van der Waals surface area contributed by atoms with Crippen molar-refractivity contribution < 1.29 is 9.47 Å². The van der Waals surface area contributed by atoms with Crippen molar-refractivity contribution in [2.75, 3.05) is 39.5 Å². The second kappa shape index (κ2) is 5.66. The number of hydrazine groups is 1. The molecule has 1 fully saturated rings. The van der Waals surface area contributed by atoms with Gasteiger partial charge < -0.3 is 9.47 Å². The second-order valence-electron chi connectivity index (χ2n) is 4.47. The maximum Gasteiger partial charge on any atom is 0.0612 e. The van der Waals surface area contributed by atoms with Crippen molar-refractivity contribution >= 4 is 0 Å². The van der Waals surface area contributed by atoms with Crippen molar-refractivity contribution in [3.05, 3.63) is 0 Å². The van der Waals surface area contributed by atoms with E-state index in [2.05, 4.69) is 31.2 Å². The Hall–Kier alpha value is -0.160. The van der Waals surface area contributed by atoms with Crippen molar-refractivity contribution in [1.82, 2.24) is 10.4 Å². The molecule has 0 atom stereocenters. The van der Waals surface area contributed by atoms with Gasteiger partial charge in [0.2, 0.25) is 0 Å². The topological polar surface area (TPSA) is 33.7 Å². The third kappa shape index (κ3) is 5.54. The molecule has 14 heavy (non-hydrogen) atoms. The minimum absolute atomic E-state index is 0.0350. The minimum Gasteiger partial charge on any atom is -0.379 e. The van der Waals surface area contributed by atoms with E-state index in [4.69, 9.17) is 9.47 Å². The zero-order chi connectivity index (χ0) is 10.4. The molecule has 0 aromatic heterocycles. The number of nitrogens with one attached hydrogen (secondary N) is 1. The van der Waals surface area contributed by atoms with Gasteiger partial charge in [0, 0.05) is 19.6 Å². The molecular weight excluding hydrogens is 180 g/mol. The van der Waals surface area contributed by atoms with Gasteiger partial charge in [-0.15, -0.1) is 0 Å². The van der Waals surface area contributed by atoms with Crippen LogP contribution in [0.4, 0.5) is 0 Å². The van der Waals surface area contributed by atoms with Crippen LogP contribution in [-0.2, 0) is 9.47 Å². The predicted octanol–water partition coefficient (Wildman–Crippen LogP) is 0.638. The van der Waals surface area contributed by atoms with Crippen LogP contribution in [0.5, 0.6) is 0 Å². The molecular formula is C10H22N2O2. The fourth-order valence-electron chi connectivity index (χ4n) is 1.28. The summed E-state index contributed by atoms with van der Waals surface area (Å²) in [5.41, 5.74) is 3.29. The van der Waals surface area contributed by atoms with E-state index >= 15 is 0 Å². The summed E-state index contributed by atoms with van der Waals surface area (Å²) >= 11 is 0. The van der Waals surface area contributed by atoms with E-state index < -0.39 is 0 Å². The van der Waals surface area contributed by atoms with Crippen molar-refractivity contribution in [1.29, 1.82) is 0 Å². The molecule has 0 unspecified atom stereocenters. The molecule has 0 amide bonds. The Labute approximate surface area is 86.5 Å². The first-order chi connectivity index (χ1) is 6.58. The van der Waals surface area contributed by atoms with Crippen LogP contribution in [0.15, 0.2) is 0 Å². The summed E-state index contributed by atoms with van der Waals surface area (Å²) in [7, 11) is 0. The van der Waals surface area contributed by atoms with Crippen LogP contribution in [0, 0.1) is 0 Å². The Morgan fingerprint density at radius 1 is 1.29 bits per heavy atom. The summed E-state index contributed by atoms with van der Waals surface area (Å²) in [6.45, 7) is 11.4. The Morgan fingerprint density at radius 3 is 2.50 bits per heavy atom. The highest BCUT2D eigenvalue weighted by atomic mass is 16.5. The van der Waals surface area contributed by atoms with E-state index in [1.807, 2.05) is 0 Å². The summed E-state index contributed by atoms with van der Waals surface area (Å²) < 4.78 is 10.8. The first-order valence-electron chi connectivity index (χ1n) is 5.28. The van der Waals surface area contributed by atoms with Crippen LogP contribution >= 0.6 is 0 Å². The molecule has 0 radical (unpaired) electrons. The zero-order valence-electron chi connectivity index (χ0n) is 9.51. The first-order valence-corrected chi connectivity index (χ1v) is 5.28. The van der Waals surface area contributed by atoms with Gasteiger partial charge in [0.1, 0.15) is 0 Å². The highest BCUT2D eigenvalue weighted by molar-refractivity contribution is 4.60.